The number of nitrogens with zero attached hydrogens (tertiary/aromatic N) is 3. The minimum atomic E-state index is -3.68. The molecule has 2 saturated heterocycles. The second-order valence-electron chi connectivity index (χ2n) is 6.32. The molecule has 0 aliphatic carbocycles. The van der Waals surface area contributed by atoms with Crippen LogP contribution in [0.1, 0.15) is 17.9 Å². The van der Waals surface area contributed by atoms with Crippen molar-refractivity contribution >= 4 is 28.3 Å². The van der Waals surface area contributed by atoms with Gasteiger partial charge in [-0.25, -0.2) is 8.42 Å². The molecule has 1 N–H and O–H groups in total. The van der Waals surface area contributed by atoms with Crippen LogP contribution in [-0.4, -0.2) is 80.7 Å². The second-order valence-corrected chi connectivity index (χ2v) is 8.19. The molecule has 1 atom stereocenters. The van der Waals surface area contributed by atoms with Gasteiger partial charge in [0.15, 0.2) is 5.76 Å². The van der Waals surface area contributed by atoms with Crippen LogP contribution in [0, 0.1) is 13.8 Å². The molecule has 3 heterocycles. The zero-order valence-corrected chi connectivity index (χ0v) is 16.6. The number of carbonyl (C=O) groups excluding carboxylic acids is 1. The predicted molar refractivity (Wildman–Crippen MR) is 95.8 cm³/mol. The number of aryl methyl sites for hydroxylation is 2. The van der Waals surface area contributed by atoms with E-state index in [1.807, 2.05) is 0 Å². The molecule has 0 aromatic carbocycles. The lowest BCUT2D eigenvalue weighted by Gasteiger charge is -2.29. The van der Waals surface area contributed by atoms with Gasteiger partial charge in [-0.3, -0.25) is 4.79 Å². The number of halogens is 1. The zero-order valence-electron chi connectivity index (χ0n) is 14.9. The summed E-state index contributed by atoms with van der Waals surface area (Å²) in [6.45, 7) is 6.34. The van der Waals surface area contributed by atoms with Gasteiger partial charge in [0.25, 0.3) is 0 Å². The summed E-state index contributed by atoms with van der Waals surface area (Å²) in [6.07, 6.45) is 0.585. The first-order chi connectivity index (χ1) is 11.9. The Morgan fingerprint density at radius 2 is 2.00 bits per heavy atom. The van der Waals surface area contributed by atoms with E-state index in [9.17, 15) is 13.2 Å². The largest absolute Gasteiger partial charge is 0.378 e. The van der Waals surface area contributed by atoms with Crippen LogP contribution in [0.5, 0.6) is 0 Å². The highest BCUT2D eigenvalue weighted by Crippen LogP contribution is 2.24. The molecule has 2 fully saturated rings. The number of hydrogen-bond acceptors (Lipinski definition) is 7. The maximum Gasteiger partial charge on any atom is 0.248 e. The Kier molecular flexibility index (Phi) is 7.03. The van der Waals surface area contributed by atoms with Crippen molar-refractivity contribution in [3.05, 3.63) is 11.5 Å². The third-order valence-electron chi connectivity index (χ3n) is 4.55. The van der Waals surface area contributed by atoms with Crippen molar-refractivity contribution in [3.8, 4) is 0 Å². The molecule has 2 aliphatic heterocycles. The molecule has 9 nitrogen and oxygen atoms in total. The second kappa shape index (κ2) is 8.66. The first-order valence-electron chi connectivity index (χ1n) is 8.44. The summed E-state index contributed by atoms with van der Waals surface area (Å²) in [7, 11) is -3.68. The van der Waals surface area contributed by atoms with Gasteiger partial charge >= 0.3 is 0 Å². The first kappa shape index (κ1) is 21.1. The van der Waals surface area contributed by atoms with Crippen LogP contribution < -0.4 is 5.32 Å². The van der Waals surface area contributed by atoms with E-state index in [1.54, 1.807) is 18.7 Å². The summed E-state index contributed by atoms with van der Waals surface area (Å²) >= 11 is 0. The molecule has 11 heteroatoms. The van der Waals surface area contributed by atoms with Gasteiger partial charge < -0.3 is 19.5 Å². The van der Waals surface area contributed by atoms with E-state index in [-0.39, 0.29) is 35.8 Å². The summed E-state index contributed by atoms with van der Waals surface area (Å²) < 4.78 is 37.6. The number of nitrogens with one attached hydrogen (secondary N) is 1. The number of ether oxygens (including phenoxy) is 1. The Morgan fingerprint density at radius 1 is 1.23 bits per heavy atom. The number of morpholine rings is 1. The monoisotopic (exact) mass is 408 g/mol. The molecule has 0 bridgehead atoms. The molecule has 0 saturated carbocycles. The van der Waals surface area contributed by atoms with Crippen molar-refractivity contribution < 1.29 is 22.5 Å². The highest BCUT2D eigenvalue weighted by atomic mass is 35.5. The summed E-state index contributed by atoms with van der Waals surface area (Å²) in [5, 5.41) is 6.88. The van der Waals surface area contributed by atoms with Gasteiger partial charge in [-0.2, -0.15) is 4.31 Å². The zero-order chi connectivity index (χ0) is 18.0. The van der Waals surface area contributed by atoms with Crippen molar-refractivity contribution in [2.75, 3.05) is 45.9 Å². The summed E-state index contributed by atoms with van der Waals surface area (Å²) in [6, 6.07) is -0.348. The van der Waals surface area contributed by atoms with Crippen LogP contribution in [0.25, 0.3) is 0 Å². The number of aromatic nitrogens is 1. The Hall–Kier alpha value is -1.20. The van der Waals surface area contributed by atoms with Gasteiger partial charge in [0.1, 0.15) is 16.6 Å². The summed E-state index contributed by atoms with van der Waals surface area (Å²) in [4.78, 5) is 14.4. The predicted octanol–water partition coefficient (Wildman–Crippen LogP) is -0.0754. The molecule has 1 aromatic rings. The van der Waals surface area contributed by atoms with Gasteiger partial charge in [-0.15, -0.1) is 12.4 Å². The average Bonchev–Trinajstić information content (AvgIpc) is 2.81. The third kappa shape index (κ3) is 4.20. The van der Waals surface area contributed by atoms with Crippen LogP contribution in [0.4, 0.5) is 0 Å². The molecule has 0 spiro atoms. The molecule has 2 aliphatic rings. The van der Waals surface area contributed by atoms with Crippen LogP contribution in [0.15, 0.2) is 9.42 Å². The Bertz CT molecular complexity index is 713. The lowest BCUT2D eigenvalue weighted by Crippen LogP contribution is -2.53. The van der Waals surface area contributed by atoms with E-state index < -0.39 is 10.0 Å². The number of amides is 1. The Morgan fingerprint density at radius 3 is 2.62 bits per heavy atom. The molecule has 3 rings (SSSR count). The van der Waals surface area contributed by atoms with Crippen LogP contribution in [-0.2, 0) is 19.6 Å². The lowest BCUT2D eigenvalue weighted by atomic mass is 10.2. The fourth-order valence-corrected chi connectivity index (χ4v) is 5.03. The fraction of sp³-hybridized carbons (Fsp3) is 0.733. The first-order valence-corrected chi connectivity index (χ1v) is 9.88. The maximum absolute atomic E-state index is 12.9. The lowest BCUT2D eigenvalue weighted by molar-refractivity contribution is -0.136. The molecular weight excluding hydrogens is 384 g/mol. The van der Waals surface area contributed by atoms with Gasteiger partial charge in [-0.1, -0.05) is 5.16 Å². The van der Waals surface area contributed by atoms with Crippen LogP contribution in [0.2, 0.25) is 0 Å². The number of rotatable bonds is 3. The van der Waals surface area contributed by atoms with E-state index in [4.69, 9.17) is 9.26 Å². The highest BCUT2D eigenvalue weighted by Gasteiger charge is 2.34. The normalized spacial score (nSPS) is 22.5. The fourth-order valence-electron chi connectivity index (χ4n) is 3.27. The van der Waals surface area contributed by atoms with Gasteiger partial charge in [0.2, 0.25) is 15.9 Å². The van der Waals surface area contributed by atoms with Crippen molar-refractivity contribution in [1.29, 1.82) is 0 Å². The minimum absolute atomic E-state index is 0. The summed E-state index contributed by atoms with van der Waals surface area (Å²) in [5.74, 6) is 0.259. The van der Waals surface area contributed by atoms with E-state index >= 15 is 0 Å². The molecule has 148 valence electrons. The summed E-state index contributed by atoms with van der Waals surface area (Å²) in [5.41, 5.74) is 0.359. The number of carbonyl (C=O) groups is 1. The van der Waals surface area contributed by atoms with E-state index in [1.165, 1.54) is 4.31 Å². The number of hydrogen-bond donors (Lipinski definition) is 1. The van der Waals surface area contributed by atoms with Crippen molar-refractivity contribution in [3.63, 3.8) is 0 Å². The highest BCUT2D eigenvalue weighted by molar-refractivity contribution is 7.89. The maximum atomic E-state index is 12.9. The molecular formula is C15H25ClN4O5S. The Balaban J connectivity index is 0.00000243. The molecule has 1 unspecified atom stereocenters. The van der Waals surface area contributed by atoms with Crippen molar-refractivity contribution in [1.82, 2.24) is 19.7 Å². The Labute approximate surface area is 159 Å². The molecule has 1 aromatic heterocycles. The van der Waals surface area contributed by atoms with Crippen LogP contribution >= 0.6 is 12.4 Å². The van der Waals surface area contributed by atoms with Crippen molar-refractivity contribution in [2.24, 2.45) is 0 Å². The van der Waals surface area contributed by atoms with Crippen molar-refractivity contribution in [2.45, 2.75) is 31.2 Å². The smallest absolute Gasteiger partial charge is 0.248 e. The standard InChI is InChI=1S/C15H24N4O5S.ClH/c1-11-14(12(2)24-17-11)25(21,22)19-6-3-5-18(7-8-19)15(20)13-10-23-9-4-16-13;/h13,16H,3-10H2,1-2H3;1H. The number of sulfonamides is 1. The molecule has 1 amide bonds. The minimum Gasteiger partial charge on any atom is -0.378 e. The van der Waals surface area contributed by atoms with E-state index in [0.29, 0.717) is 57.3 Å². The third-order valence-corrected chi connectivity index (χ3v) is 6.70. The quantitative estimate of drug-likeness (QED) is 0.746. The van der Waals surface area contributed by atoms with Gasteiger partial charge in [-0.05, 0) is 20.3 Å². The topological polar surface area (TPSA) is 105 Å². The molecule has 0 radical (unpaired) electrons. The average molecular weight is 409 g/mol. The van der Waals surface area contributed by atoms with Gasteiger partial charge in [0.05, 0.1) is 13.2 Å². The van der Waals surface area contributed by atoms with Crippen LogP contribution in [0.3, 0.4) is 0 Å². The van der Waals surface area contributed by atoms with Gasteiger partial charge in [0, 0.05) is 32.7 Å². The SMILES string of the molecule is Cc1noc(C)c1S(=O)(=O)N1CCCN(C(=O)C2COCCN2)CC1.Cl. The van der Waals surface area contributed by atoms with E-state index in [0.717, 1.165) is 0 Å². The van der Waals surface area contributed by atoms with E-state index in [2.05, 4.69) is 10.5 Å². The molecule has 26 heavy (non-hydrogen) atoms.